The molecule has 2 aromatic heterocycles. The van der Waals surface area contributed by atoms with Crippen LogP contribution in [0.3, 0.4) is 0 Å². The van der Waals surface area contributed by atoms with Gasteiger partial charge in [0.2, 0.25) is 10.0 Å². The van der Waals surface area contributed by atoms with Crippen molar-refractivity contribution in [2.75, 3.05) is 17.5 Å². The van der Waals surface area contributed by atoms with E-state index in [0.29, 0.717) is 23.7 Å². The van der Waals surface area contributed by atoms with Crippen molar-refractivity contribution < 1.29 is 13.2 Å². The molecule has 8 nitrogen and oxygen atoms in total. The van der Waals surface area contributed by atoms with Gasteiger partial charge >= 0.3 is 0 Å². The van der Waals surface area contributed by atoms with Crippen LogP contribution in [0, 0.1) is 6.92 Å². The number of rotatable bonds is 6. The summed E-state index contributed by atoms with van der Waals surface area (Å²) in [7, 11) is -3.52. The summed E-state index contributed by atoms with van der Waals surface area (Å²) in [5.41, 5.74) is 5.50. The van der Waals surface area contributed by atoms with Gasteiger partial charge in [0, 0.05) is 29.9 Å². The third kappa shape index (κ3) is 4.53. The molecule has 3 heterocycles. The Morgan fingerprint density at radius 3 is 2.62 bits per heavy atom. The lowest BCUT2D eigenvalue weighted by Gasteiger charge is -2.35. The number of benzene rings is 1. The van der Waals surface area contributed by atoms with Crippen molar-refractivity contribution in [1.29, 1.82) is 0 Å². The van der Waals surface area contributed by atoms with Crippen LogP contribution in [0.1, 0.15) is 84.0 Å². The van der Waals surface area contributed by atoms with E-state index in [9.17, 15) is 13.2 Å². The van der Waals surface area contributed by atoms with Crippen LogP contribution in [0.4, 0.5) is 5.69 Å². The van der Waals surface area contributed by atoms with Crippen LogP contribution in [-0.2, 0) is 16.4 Å². The summed E-state index contributed by atoms with van der Waals surface area (Å²) in [6.07, 6.45) is 6.95. The first-order chi connectivity index (χ1) is 16.2. The predicted molar refractivity (Wildman–Crippen MR) is 132 cm³/mol. The molecule has 1 atom stereocenters. The smallest absolute Gasteiger partial charge is 0.256 e. The van der Waals surface area contributed by atoms with Crippen LogP contribution in [0.5, 0.6) is 0 Å². The van der Waals surface area contributed by atoms with E-state index >= 15 is 0 Å². The maximum Gasteiger partial charge on any atom is 0.256 e. The quantitative estimate of drug-likeness (QED) is 0.569. The molecular formula is C25H31N5O3S. The van der Waals surface area contributed by atoms with Crippen LogP contribution in [0.25, 0.3) is 5.65 Å². The largest absolute Gasteiger partial charge is 0.330 e. The van der Waals surface area contributed by atoms with Gasteiger partial charge in [-0.15, -0.1) is 0 Å². The Balaban J connectivity index is 1.52. The number of aromatic nitrogens is 3. The highest BCUT2D eigenvalue weighted by atomic mass is 32.2. The van der Waals surface area contributed by atoms with E-state index < -0.39 is 10.0 Å². The van der Waals surface area contributed by atoms with Gasteiger partial charge in [0.15, 0.2) is 5.65 Å². The van der Waals surface area contributed by atoms with E-state index in [1.165, 1.54) is 12.8 Å². The van der Waals surface area contributed by atoms with Crippen molar-refractivity contribution in [2.45, 2.75) is 64.3 Å². The summed E-state index contributed by atoms with van der Waals surface area (Å²) in [6, 6.07) is 9.29. The van der Waals surface area contributed by atoms with Gasteiger partial charge in [-0.1, -0.05) is 13.0 Å². The van der Waals surface area contributed by atoms with Crippen molar-refractivity contribution in [2.24, 2.45) is 0 Å². The maximum absolute atomic E-state index is 13.8. The number of carbonyl (C=O) groups excluding carboxylic acids is 1. The minimum absolute atomic E-state index is 0.174. The number of anilines is 1. The maximum atomic E-state index is 13.8. The summed E-state index contributed by atoms with van der Waals surface area (Å²) in [5, 5.41) is 4.85. The first-order valence-electron chi connectivity index (χ1n) is 12.0. The molecule has 5 rings (SSSR count). The van der Waals surface area contributed by atoms with Gasteiger partial charge in [-0.3, -0.25) is 9.52 Å². The number of fused-ring (bicyclic) bond motifs is 1. The Kier molecular flexibility index (Phi) is 5.83. The van der Waals surface area contributed by atoms with Crippen molar-refractivity contribution in [3.63, 3.8) is 0 Å². The van der Waals surface area contributed by atoms with Gasteiger partial charge in [0.1, 0.15) is 0 Å². The Morgan fingerprint density at radius 1 is 1.12 bits per heavy atom. The molecule has 1 aliphatic carbocycles. The summed E-state index contributed by atoms with van der Waals surface area (Å²) in [4.78, 5) is 20.5. The molecule has 2 aliphatic rings. The van der Waals surface area contributed by atoms with Crippen LogP contribution < -0.4 is 4.72 Å². The molecule has 0 bridgehead atoms. The molecule has 1 saturated carbocycles. The van der Waals surface area contributed by atoms with Crippen molar-refractivity contribution in [3.8, 4) is 0 Å². The normalized spacial score (nSPS) is 18.9. The number of amides is 1. The Bertz CT molecular complexity index is 1360. The van der Waals surface area contributed by atoms with Gasteiger partial charge in [-0.2, -0.15) is 5.10 Å². The monoisotopic (exact) mass is 481 g/mol. The summed E-state index contributed by atoms with van der Waals surface area (Å²) in [5.74, 6) is 0.382. The number of likely N-dealkylation sites (tertiary alicyclic amines) is 1. The second kappa shape index (κ2) is 8.69. The first-order valence-corrected chi connectivity index (χ1v) is 13.9. The molecule has 9 heteroatoms. The fraction of sp³-hybridized carbons (Fsp3) is 0.480. The summed E-state index contributed by atoms with van der Waals surface area (Å²) < 4.78 is 28.3. The molecule has 180 valence electrons. The van der Waals surface area contributed by atoms with E-state index in [2.05, 4.69) is 10.8 Å². The minimum Gasteiger partial charge on any atom is -0.330 e. The molecule has 0 radical (unpaired) electrons. The van der Waals surface area contributed by atoms with E-state index in [1.54, 1.807) is 12.1 Å². The van der Waals surface area contributed by atoms with Crippen molar-refractivity contribution >= 4 is 27.3 Å². The highest BCUT2D eigenvalue weighted by Gasteiger charge is 2.33. The van der Waals surface area contributed by atoms with Gasteiger partial charge in [0.05, 0.1) is 29.2 Å². The second-order valence-electron chi connectivity index (χ2n) is 9.55. The second-order valence-corrected chi connectivity index (χ2v) is 11.3. The number of nitrogens with zero attached hydrogens (tertiary/aromatic N) is 4. The number of aryl methyl sites for hydroxylation is 2. The molecule has 0 unspecified atom stereocenters. The lowest BCUT2D eigenvalue weighted by Crippen LogP contribution is -2.39. The lowest BCUT2D eigenvalue weighted by atomic mass is 9.97. The number of carbonyl (C=O) groups is 1. The van der Waals surface area contributed by atoms with Crippen molar-refractivity contribution in [1.82, 2.24) is 19.5 Å². The van der Waals surface area contributed by atoms with Crippen LogP contribution in [0.2, 0.25) is 0 Å². The number of hydrogen-bond acceptors (Lipinski definition) is 5. The average Bonchev–Trinajstić information content (AvgIpc) is 3.57. The van der Waals surface area contributed by atoms with Crippen LogP contribution in [0.15, 0.2) is 30.3 Å². The fourth-order valence-corrected chi connectivity index (χ4v) is 5.41. The zero-order valence-electron chi connectivity index (χ0n) is 19.9. The number of sulfonamides is 1. The van der Waals surface area contributed by atoms with Gasteiger partial charge in [-0.25, -0.2) is 17.9 Å². The molecule has 34 heavy (non-hydrogen) atoms. The Hall–Kier alpha value is -2.94. The fourth-order valence-electron chi connectivity index (χ4n) is 4.83. The molecule has 1 saturated heterocycles. The molecule has 1 aromatic carbocycles. The average molecular weight is 482 g/mol. The van der Waals surface area contributed by atoms with Crippen LogP contribution >= 0.6 is 0 Å². The zero-order chi connectivity index (χ0) is 24.0. The molecule has 1 aliphatic heterocycles. The zero-order valence-corrected chi connectivity index (χ0v) is 20.7. The predicted octanol–water partition coefficient (Wildman–Crippen LogP) is 4.22. The lowest BCUT2D eigenvalue weighted by molar-refractivity contribution is 0.0606. The molecule has 0 spiro atoms. The molecule has 1 N–H and O–H groups in total. The molecule has 1 amide bonds. The number of hydrogen-bond donors (Lipinski definition) is 1. The number of nitrogens with one attached hydrogen (secondary N) is 1. The van der Waals surface area contributed by atoms with Crippen molar-refractivity contribution in [3.05, 3.63) is 58.5 Å². The number of piperidine rings is 1. The Morgan fingerprint density at radius 2 is 1.91 bits per heavy atom. The van der Waals surface area contributed by atoms with Crippen LogP contribution in [-0.4, -0.2) is 46.6 Å². The highest BCUT2D eigenvalue weighted by Crippen LogP contribution is 2.40. The van der Waals surface area contributed by atoms with Gasteiger partial charge in [0.25, 0.3) is 5.91 Å². The van der Waals surface area contributed by atoms with E-state index in [0.717, 1.165) is 60.2 Å². The molecule has 2 fully saturated rings. The summed E-state index contributed by atoms with van der Waals surface area (Å²) in [6.45, 7) is 4.66. The Labute approximate surface area is 200 Å². The SMILES string of the molecule is CCc1ccc(NS(C)(=O)=O)c(C(=O)N2CCCC[C@H]2c2cc3nc(C4CC4)cc(C)n3n2)c1. The first kappa shape index (κ1) is 22.8. The third-order valence-electron chi connectivity index (χ3n) is 6.76. The minimum atomic E-state index is -3.52. The molecular weight excluding hydrogens is 450 g/mol. The summed E-state index contributed by atoms with van der Waals surface area (Å²) >= 11 is 0. The van der Waals surface area contributed by atoms with E-state index in [-0.39, 0.29) is 11.9 Å². The van der Waals surface area contributed by atoms with Gasteiger partial charge < -0.3 is 4.90 Å². The van der Waals surface area contributed by atoms with E-state index in [1.807, 2.05) is 35.4 Å². The van der Waals surface area contributed by atoms with Gasteiger partial charge in [-0.05, 0) is 69.2 Å². The highest BCUT2D eigenvalue weighted by molar-refractivity contribution is 7.92. The molecule has 3 aromatic rings. The van der Waals surface area contributed by atoms with E-state index in [4.69, 9.17) is 10.1 Å². The topological polar surface area (TPSA) is 96.7 Å². The standard InChI is InChI=1S/C25H31N5O3S/c1-4-17-8-11-20(28-34(3,32)33)19(14-17)25(31)29-12-6-5-7-23(29)22-15-24-26-21(18-9-10-18)13-16(2)30(24)27-22/h8,11,13-15,18,23,28H,4-7,9-10,12H2,1-3H3/t23-/m0/s1. The third-order valence-corrected chi connectivity index (χ3v) is 7.35.